The number of anilines is 1. The van der Waals surface area contributed by atoms with Crippen molar-refractivity contribution in [2.45, 2.75) is 16.9 Å². The number of halogens is 3. The van der Waals surface area contributed by atoms with Crippen molar-refractivity contribution in [1.82, 2.24) is 15.2 Å². The highest BCUT2D eigenvalue weighted by Gasteiger charge is 2.37. The fourth-order valence-electron chi connectivity index (χ4n) is 3.28. The number of amidine groups is 1. The van der Waals surface area contributed by atoms with Gasteiger partial charge >= 0.3 is 11.5 Å². The van der Waals surface area contributed by atoms with E-state index in [4.69, 9.17) is 0 Å². The third-order valence-corrected chi connectivity index (χ3v) is 5.31. The molecule has 11 heteroatoms. The highest BCUT2D eigenvalue weighted by molar-refractivity contribution is 8.00. The molecular formula is C19H16F3N5O2S. The molecule has 156 valence electrons. The summed E-state index contributed by atoms with van der Waals surface area (Å²) in [4.78, 5) is 36.2. The molecule has 7 nitrogen and oxygen atoms in total. The van der Waals surface area contributed by atoms with Crippen LogP contribution in [0, 0.1) is 0 Å². The molecule has 0 radical (unpaired) electrons. The Morgan fingerprint density at radius 2 is 1.90 bits per heavy atom. The number of aromatic nitrogens is 1. The van der Waals surface area contributed by atoms with Crippen molar-refractivity contribution in [3.8, 4) is 0 Å². The fraction of sp³-hybridized carbons (Fsp3) is 0.263. The molecule has 1 N–H and O–H groups in total. The number of urea groups is 1. The minimum atomic E-state index is -4.40. The summed E-state index contributed by atoms with van der Waals surface area (Å²) in [6.45, 7) is 1.43. The van der Waals surface area contributed by atoms with Crippen LogP contribution in [-0.2, 0) is 11.3 Å². The molecule has 4 rings (SSSR count). The van der Waals surface area contributed by atoms with E-state index in [2.05, 4.69) is 15.3 Å². The number of aliphatic imine (C=N–C) groups is 1. The third kappa shape index (κ3) is 4.25. The summed E-state index contributed by atoms with van der Waals surface area (Å²) in [5.74, 6) is 0.258. The predicted octanol–water partition coefficient (Wildman–Crippen LogP) is 3.01. The lowest BCUT2D eigenvalue weighted by Crippen LogP contribution is -2.33. The van der Waals surface area contributed by atoms with Crippen LogP contribution in [0.4, 0.5) is 23.7 Å². The first-order chi connectivity index (χ1) is 14.3. The number of amides is 3. The van der Waals surface area contributed by atoms with E-state index in [1.54, 1.807) is 18.5 Å². The number of thioether (sulfide) groups is 1. The largest absolute Gasteiger partial charge is 0.446 e. The average Bonchev–Trinajstić information content (AvgIpc) is 3.31. The molecular weight excluding hydrogens is 419 g/mol. The monoisotopic (exact) mass is 435 g/mol. The number of carbonyl (C=O) groups is 2. The molecule has 1 aromatic carbocycles. The number of alkyl halides is 3. The van der Waals surface area contributed by atoms with Gasteiger partial charge in [-0.1, -0.05) is 0 Å². The molecule has 2 aliphatic heterocycles. The molecule has 3 amide bonds. The van der Waals surface area contributed by atoms with Gasteiger partial charge in [-0.3, -0.25) is 14.8 Å². The normalized spacial score (nSPS) is 16.8. The summed E-state index contributed by atoms with van der Waals surface area (Å²) in [6.07, 6.45) is 3.26. The molecule has 0 bridgehead atoms. The van der Waals surface area contributed by atoms with Gasteiger partial charge in [0.25, 0.3) is 5.91 Å². The van der Waals surface area contributed by atoms with Crippen LogP contribution in [0.25, 0.3) is 0 Å². The van der Waals surface area contributed by atoms with E-state index in [0.717, 1.165) is 22.6 Å². The van der Waals surface area contributed by atoms with Gasteiger partial charge in [0, 0.05) is 35.9 Å². The maximum Gasteiger partial charge on any atom is 0.446 e. The number of benzene rings is 1. The van der Waals surface area contributed by atoms with Crippen LogP contribution in [-0.4, -0.2) is 52.8 Å². The second kappa shape index (κ2) is 7.98. The summed E-state index contributed by atoms with van der Waals surface area (Å²) < 4.78 is 37.5. The minimum Gasteiger partial charge on any atom is -0.368 e. The fourth-order valence-corrected chi connectivity index (χ4v) is 3.82. The van der Waals surface area contributed by atoms with Gasteiger partial charge in [0.15, 0.2) is 0 Å². The van der Waals surface area contributed by atoms with E-state index in [0.29, 0.717) is 12.4 Å². The second-order valence-electron chi connectivity index (χ2n) is 6.60. The van der Waals surface area contributed by atoms with Gasteiger partial charge in [-0.15, -0.1) is 0 Å². The van der Waals surface area contributed by atoms with Crippen molar-refractivity contribution in [2.24, 2.45) is 4.99 Å². The number of imide groups is 1. The van der Waals surface area contributed by atoms with Crippen molar-refractivity contribution >= 4 is 35.2 Å². The average molecular weight is 435 g/mol. The molecule has 2 aliphatic rings. The van der Waals surface area contributed by atoms with E-state index in [9.17, 15) is 22.8 Å². The molecule has 1 saturated heterocycles. The molecule has 30 heavy (non-hydrogen) atoms. The molecule has 1 aromatic heterocycles. The van der Waals surface area contributed by atoms with E-state index >= 15 is 0 Å². The van der Waals surface area contributed by atoms with E-state index in [1.807, 2.05) is 0 Å². The van der Waals surface area contributed by atoms with Crippen molar-refractivity contribution in [1.29, 1.82) is 0 Å². The molecule has 0 unspecified atom stereocenters. The van der Waals surface area contributed by atoms with Gasteiger partial charge in [-0.05, 0) is 47.7 Å². The first-order valence-corrected chi connectivity index (χ1v) is 9.83. The summed E-state index contributed by atoms with van der Waals surface area (Å²) in [7, 11) is 0. The van der Waals surface area contributed by atoms with Crippen LogP contribution in [0.2, 0.25) is 0 Å². The number of hydrogen-bond donors (Lipinski definition) is 1. The summed E-state index contributed by atoms with van der Waals surface area (Å²) in [6, 6.07) is 6.38. The molecule has 0 saturated carbocycles. The topological polar surface area (TPSA) is 77.9 Å². The van der Waals surface area contributed by atoms with Gasteiger partial charge in [0.2, 0.25) is 0 Å². The third-order valence-electron chi connectivity index (χ3n) is 4.57. The summed E-state index contributed by atoms with van der Waals surface area (Å²) >= 11 is -0.252. The SMILES string of the molecule is O=C1CN(Cc2ccncc2C2=NCCN2)C(=O)N1c1ccc(SC(F)(F)F)cc1. The zero-order valence-corrected chi connectivity index (χ0v) is 16.3. The maximum absolute atomic E-state index is 12.9. The Hall–Kier alpha value is -3.08. The number of rotatable bonds is 5. The van der Waals surface area contributed by atoms with Crippen molar-refractivity contribution < 1.29 is 22.8 Å². The van der Waals surface area contributed by atoms with Crippen molar-refractivity contribution in [3.63, 3.8) is 0 Å². The summed E-state index contributed by atoms with van der Waals surface area (Å²) in [5.41, 5.74) is -2.62. The minimum absolute atomic E-state index is 0.0199. The molecule has 0 atom stereocenters. The van der Waals surface area contributed by atoms with Crippen LogP contribution >= 0.6 is 11.8 Å². The van der Waals surface area contributed by atoms with Gasteiger partial charge in [0.1, 0.15) is 12.4 Å². The van der Waals surface area contributed by atoms with Crippen LogP contribution in [0.3, 0.4) is 0 Å². The number of pyridine rings is 1. The van der Waals surface area contributed by atoms with Gasteiger partial charge in [-0.25, -0.2) is 9.69 Å². The first-order valence-electron chi connectivity index (χ1n) is 9.01. The molecule has 0 spiro atoms. The van der Waals surface area contributed by atoms with Crippen molar-refractivity contribution in [2.75, 3.05) is 24.5 Å². The number of hydrogen-bond acceptors (Lipinski definition) is 6. The Bertz CT molecular complexity index is 1010. The van der Waals surface area contributed by atoms with Gasteiger partial charge in [-0.2, -0.15) is 13.2 Å². The lowest BCUT2D eigenvalue weighted by atomic mass is 10.1. The molecule has 3 heterocycles. The smallest absolute Gasteiger partial charge is 0.368 e. The number of nitrogens with zero attached hydrogens (tertiary/aromatic N) is 4. The van der Waals surface area contributed by atoms with Crippen molar-refractivity contribution in [3.05, 3.63) is 53.9 Å². The Morgan fingerprint density at radius 1 is 1.13 bits per heavy atom. The zero-order valence-electron chi connectivity index (χ0n) is 15.5. The quantitative estimate of drug-likeness (QED) is 0.577. The van der Waals surface area contributed by atoms with Gasteiger partial charge in [0.05, 0.1) is 12.2 Å². The van der Waals surface area contributed by atoms with Gasteiger partial charge < -0.3 is 10.2 Å². The Kier molecular flexibility index (Phi) is 5.37. The highest BCUT2D eigenvalue weighted by Crippen LogP contribution is 2.37. The number of carbonyl (C=O) groups excluding carboxylic acids is 2. The first kappa shape index (κ1) is 20.2. The van der Waals surface area contributed by atoms with Crippen LogP contribution < -0.4 is 10.2 Å². The standard InChI is InChI=1S/C19H16F3N5O2S/c20-19(21,22)30-14-3-1-13(2-4-14)27-16(28)11-26(18(27)29)10-12-5-6-23-9-15(12)17-24-7-8-25-17/h1-6,9H,7-8,10-11H2,(H,24,25). The van der Waals surface area contributed by atoms with E-state index in [-0.39, 0.29) is 35.4 Å². The van der Waals surface area contributed by atoms with E-state index in [1.165, 1.54) is 29.2 Å². The van der Waals surface area contributed by atoms with Crippen LogP contribution in [0.5, 0.6) is 0 Å². The Balaban J connectivity index is 1.51. The molecule has 1 fully saturated rings. The van der Waals surface area contributed by atoms with Crippen LogP contribution in [0.1, 0.15) is 11.1 Å². The summed E-state index contributed by atoms with van der Waals surface area (Å²) in [5, 5.41) is 3.16. The lowest BCUT2D eigenvalue weighted by Gasteiger charge is -2.19. The second-order valence-corrected chi connectivity index (χ2v) is 7.74. The zero-order chi connectivity index (χ0) is 21.3. The lowest BCUT2D eigenvalue weighted by molar-refractivity contribution is -0.116. The van der Waals surface area contributed by atoms with Crippen LogP contribution in [0.15, 0.2) is 52.6 Å². The Morgan fingerprint density at radius 3 is 2.57 bits per heavy atom. The Labute approximate surface area is 174 Å². The maximum atomic E-state index is 12.9. The molecule has 0 aliphatic carbocycles. The number of nitrogens with one attached hydrogen (secondary N) is 1. The van der Waals surface area contributed by atoms with E-state index < -0.39 is 17.4 Å². The predicted molar refractivity (Wildman–Crippen MR) is 105 cm³/mol. The highest BCUT2D eigenvalue weighted by atomic mass is 32.2. The molecule has 2 aromatic rings.